The molecule has 0 aliphatic carbocycles. The quantitative estimate of drug-likeness (QED) is 0.702. The van der Waals surface area contributed by atoms with E-state index in [9.17, 15) is 13.2 Å². The molecule has 0 heterocycles. The van der Waals surface area contributed by atoms with E-state index in [1.54, 1.807) is 12.1 Å². The number of ether oxygens (including phenoxy) is 1. The Morgan fingerprint density at radius 3 is 2.27 bits per heavy atom. The van der Waals surface area contributed by atoms with Gasteiger partial charge in [-0.3, -0.25) is 0 Å². The predicted molar refractivity (Wildman–Crippen MR) is 50.3 cm³/mol. The molecule has 0 spiro atoms. The van der Waals surface area contributed by atoms with Crippen molar-refractivity contribution in [3.8, 4) is 18.1 Å². The maximum atomic E-state index is 11.8. The summed E-state index contributed by atoms with van der Waals surface area (Å²) >= 11 is 0. The second-order valence-electron chi connectivity index (χ2n) is 2.90. The molecule has 1 rings (SSSR count). The topological polar surface area (TPSA) is 9.23 Å². The SMILES string of the molecule is C#CCCc1ccc(OC(F)(F)F)cc1. The highest BCUT2D eigenvalue weighted by Crippen LogP contribution is 2.22. The Kier molecular flexibility index (Phi) is 3.62. The lowest BCUT2D eigenvalue weighted by Gasteiger charge is -2.08. The molecule has 0 amide bonds. The third-order valence-corrected chi connectivity index (χ3v) is 1.71. The van der Waals surface area contributed by atoms with Crippen LogP contribution < -0.4 is 4.74 Å². The van der Waals surface area contributed by atoms with Gasteiger partial charge in [0, 0.05) is 6.42 Å². The Morgan fingerprint density at radius 2 is 1.80 bits per heavy atom. The largest absolute Gasteiger partial charge is 0.573 e. The molecule has 1 aromatic rings. The molecule has 0 radical (unpaired) electrons. The van der Waals surface area contributed by atoms with Gasteiger partial charge in [0.05, 0.1) is 0 Å². The molecule has 15 heavy (non-hydrogen) atoms. The molecule has 0 unspecified atom stereocenters. The first-order valence-corrected chi connectivity index (χ1v) is 4.29. The number of rotatable bonds is 3. The Bertz CT molecular complexity index is 346. The van der Waals surface area contributed by atoms with Crippen LogP contribution in [0.15, 0.2) is 24.3 Å². The van der Waals surface area contributed by atoms with Gasteiger partial charge in [0.25, 0.3) is 0 Å². The van der Waals surface area contributed by atoms with Crippen molar-refractivity contribution >= 4 is 0 Å². The van der Waals surface area contributed by atoms with Gasteiger partial charge >= 0.3 is 6.36 Å². The highest BCUT2D eigenvalue weighted by atomic mass is 19.4. The van der Waals surface area contributed by atoms with Crippen LogP contribution in [0.5, 0.6) is 5.75 Å². The van der Waals surface area contributed by atoms with E-state index in [0.29, 0.717) is 12.8 Å². The second-order valence-corrected chi connectivity index (χ2v) is 2.90. The van der Waals surface area contributed by atoms with E-state index in [2.05, 4.69) is 10.7 Å². The Morgan fingerprint density at radius 1 is 1.20 bits per heavy atom. The third-order valence-electron chi connectivity index (χ3n) is 1.71. The number of hydrogen-bond acceptors (Lipinski definition) is 1. The summed E-state index contributed by atoms with van der Waals surface area (Å²) in [4.78, 5) is 0. The summed E-state index contributed by atoms with van der Waals surface area (Å²) < 4.78 is 39.1. The van der Waals surface area contributed by atoms with Crippen LogP contribution in [-0.2, 0) is 6.42 Å². The fraction of sp³-hybridized carbons (Fsp3) is 0.273. The first-order valence-electron chi connectivity index (χ1n) is 4.29. The van der Waals surface area contributed by atoms with E-state index in [4.69, 9.17) is 6.42 Å². The summed E-state index contributed by atoms with van der Waals surface area (Å²) in [7, 11) is 0. The number of halogens is 3. The van der Waals surface area contributed by atoms with Gasteiger partial charge in [0.15, 0.2) is 0 Å². The van der Waals surface area contributed by atoms with E-state index in [-0.39, 0.29) is 5.75 Å². The smallest absolute Gasteiger partial charge is 0.406 e. The molecule has 0 N–H and O–H groups in total. The standard InChI is InChI=1S/C11H9F3O/c1-2-3-4-9-5-7-10(8-6-9)15-11(12,13)14/h1,5-8H,3-4H2. The summed E-state index contributed by atoms with van der Waals surface area (Å²) in [5, 5.41) is 0. The zero-order valence-electron chi connectivity index (χ0n) is 7.84. The molecule has 80 valence electrons. The molecule has 0 aliphatic rings. The zero-order valence-corrected chi connectivity index (χ0v) is 7.84. The van der Waals surface area contributed by atoms with Crippen LogP contribution in [0, 0.1) is 12.3 Å². The van der Waals surface area contributed by atoms with Crippen molar-refractivity contribution < 1.29 is 17.9 Å². The third kappa shape index (κ3) is 4.41. The Hall–Kier alpha value is -1.63. The molecule has 1 aromatic carbocycles. The van der Waals surface area contributed by atoms with Crippen LogP contribution in [0.2, 0.25) is 0 Å². The number of hydrogen-bond donors (Lipinski definition) is 0. The lowest BCUT2D eigenvalue weighted by molar-refractivity contribution is -0.274. The lowest BCUT2D eigenvalue weighted by atomic mass is 10.1. The number of benzene rings is 1. The summed E-state index contributed by atoms with van der Waals surface area (Å²) in [5.74, 6) is 2.24. The molecule has 0 bridgehead atoms. The molecule has 4 heteroatoms. The van der Waals surface area contributed by atoms with Crippen LogP contribution in [0.4, 0.5) is 13.2 Å². The van der Waals surface area contributed by atoms with Crippen LogP contribution in [0.3, 0.4) is 0 Å². The van der Waals surface area contributed by atoms with Crippen molar-refractivity contribution in [2.75, 3.05) is 0 Å². The van der Waals surface area contributed by atoms with Crippen molar-refractivity contribution in [1.82, 2.24) is 0 Å². The molecular weight excluding hydrogens is 205 g/mol. The van der Waals surface area contributed by atoms with Crippen molar-refractivity contribution in [2.24, 2.45) is 0 Å². The van der Waals surface area contributed by atoms with Crippen LogP contribution in [-0.4, -0.2) is 6.36 Å². The van der Waals surface area contributed by atoms with E-state index >= 15 is 0 Å². The van der Waals surface area contributed by atoms with Gasteiger partial charge in [0.2, 0.25) is 0 Å². The molecule has 0 aromatic heterocycles. The highest BCUT2D eigenvalue weighted by molar-refractivity contribution is 5.27. The number of alkyl halides is 3. The van der Waals surface area contributed by atoms with E-state index in [1.807, 2.05) is 0 Å². The average Bonchev–Trinajstić information content (AvgIpc) is 2.14. The van der Waals surface area contributed by atoms with E-state index in [1.165, 1.54) is 12.1 Å². The van der Waals surface area contributed by atoms with Crippen molar-refractivity contribution in [2.45, 2.75) is 19.2 Å². The van der Waals surface area contributed by atoms with Crippen molar-refractivity contribution in [3.05, 3.63) is 29.8 Å². The second kappa shape index (κ2) is 4.74. The molecule has 0 atom stereocenters. The number of aryl methyl sites for hydroxylation is 1. The van der Waals surface area contributed by atoms with E-state index < -0.39 is 6.36 Å². The first-order chi connectivity index (χ1) is 7.01. The van der Waals surface area contributed by atoms with Gasteiger partial charge in [-0.1, -0.05) is 12.1 Å². The van der Waals surface area contributed by atoms with Crippen LogP contribution in [0.25, 0.3) is 0 Å². The average molecular weight is 214 g/mol. The van der Waals surface area contributed by atoms with Gasteiger partial charge in [-0.05, 0) is 24.1 Å². The minimum absolute atomic E-state index is 0.216. The van der Waals surface area contributed by atoms with Gasteiger partial charge < -0.3 is 4.74 Å². The lowest BCUT2D eigenvalue weighted by Crippen LogP contribution is -2.17. The van der Waals surface area contributed by atoms with Gasteiger partial charge in [-0.15, -0.1) is 25.5 Å². The summed E-state index contributed by atoms with van der Waals surface area (Å²) in [6.07, 6.45) is 1.65. The molecule has 0 aliphatic heterocycles. The summed E-state index contributed by atoms with van der Waals surface area (Å²) in [5.41, 5.74) is 0.891. The highest BCUT2D eigenvalue weighted by Gasteiger charge is 2.30. The zero-order chi connectivity index (χ0) is 11.3. The normalized spacial score (nSPS) is 10.8. The van der Waals surface area contributed by atoms with Crippen molar-refractivity contribution in [1.29, 1.82) is 0 Å². The predicted octanol–water partition coefficient (Wildman–Crippen LogP) is 3.15. The molecule has 0 fully saturated rings. The fourth-order valence-electron chi connectivity index (χ4n) is 1.07. The molecule has 0 saturated carbocycles. The summed E-state index contributed by atoms with van der Waals surface area (Å²) in [6.45, 7) is 0. The van der Waals surface area contributed by atoms with Crippen molar-refractivity contribution in [3.63, 3.8) is 0 Å². The van der Waals surface area contributed by atoms with Crippen LogP contribution >= 0.6 is 0 Å². The first kappa shape index (κ1) is 11.4. The minimum atomic E-state index is -4.64. The fourth-order valence-corrected chi connectivity index (χ4v) is 1.07. The number of terminal acetylenes is 1. The maximum Gasteiger partial charge on any atom is 0.573 e. The van der Waals surface area contributed by atoms with Crippen LogP contribution in [0.1, 0.15) is 12.0 Å². The minimum Gasteiger partial charge on any atom is -0.406 e. The van der Waals surface area contributed by atoms with Gasteiger partial charge in [-0.25, -0.2) is 0 Å². The molecule has 0 saturated heterocycles. The molecular formula is C11H9F3O. The maximum absolute atomic E-state index is 11.8. The monoisotopic (exact) mass is 214 g/mol. The molecule has 1 nitrogen and oxygen atoms in total. The Labute approximate surface area is 85.9 Å². The van der Waals surface area contributed by atoms with Gasteiger partial charge in [-0.2, -0.15) is 0 Å². The van der Waals surface area contributed by atoms with E-state index in [0.717, 1.165) is 5.56 Å². The van der Waals surface area contributed by atoms with Gasteiger partial charge in [0.1, 0.15) is 5.75 Å². The summed E-state index contributed by atoms with van der Waals surface area (Å²) in [6, 6.07) is 5.69. The Balaban J connectivity index is 2.61.